The van der Waals surface area contributed by atoms with Crippen LogP contribution >= 0.6 is 0 Å². The molecular formula is C11H16N4O3. The lowest BCUT2D eigenvalue weighted by Gasteiger charge is -2.17. The van der Waals surface area contributed by atoms with E-state index in [0.717, 1.165) is 4.57 Å². The molecule has 0 spiro atoms. The van der Waals surface area contributed by atoms with Crippen molar-refractivity contribution >= 4 is 11.2 Å². The Kier molecular flexibility index (Phi) is 2.66. The Labute approximate surface area is 103 Å². The van der Waals surface area contributed by atoms with Crippen molar-refractivity contribution in [2.45, 2.75) is 26.0 Å². The standard InChI is InChI=1S/C11H16N4O3/c1-11(2,18)5-15-6-12-8-7(15)9(16)14(4)10(17)13(8)3/h6,18H,5H2,1-4H3. The fourth-order valence-electron chi connectivity index (χ4n) is 1.93. The summed E-state index contributed by atoms with van der Waals surface area (Å²) in [5.74, 6) is 0. The van der Waals surface area contributed by atoms with Crippen LogP contribution < -0.4 is 11.2 Å². The molecule has 0 bridgehead atoms. The molecule has 0 radical (unpaired) electrons. The van der Waals surface area contributed by atoms with Gasteiger partial charge in [-0.05, 0) is 13.8 Å². The Bertz CT molecular complexity index is 715. The van der Waals surface area contributed by atoms with Crippen molar-refractivity contribution in [1.29, 1.82) is 0 Å². The highest BCUT2D eigenvalue weighted by Crippen LogP contribution is 2.11. The van der Waals surface area contributed by atoms with E-state index in [2.05, 4.69) is 4.98 Å². The third-order valence-electron chi connectivity index (χ3n) is 2.77. The van der Waals surface area contributed by atoms with Crippen LogP contribution in [0.25, 0.3) is 11.2 Å². The van der Waals surface area contributed by atoms with Crippen LogP contribution in [0.4, 0.5) is 0 Å². The van der Waals surface area contributed by atoms with Gasteiger partial charge in [0.25, 0.3) is 5.56 Å². The molecule has 2 aromatic heterocycles. The highest BCUT2D eigenvalue weighted by atomic mass is 16.3. The predicted octanol–water partition coefficient (Wildman–Crippen LogP) is -0.795. The first-order valence-corrected chi connectivity index (χ1v) is 5.55. The van der Waals surface area contributed by atoms with Crippen LogP contribution in [0.1, 0.15) is 13.8 Å². The summed E-state index contributed by atoms with van der Waals surface area (Å²) in [6, 6.07) is 0. The first kappa shape index (κ1) is 12.6. The molecule has 0 amide bonds. The summed E-state index contributed by atoms with van der Waals surface area (Å²) in [4.78, 5) is 27.9. The third-order valence-corrected chi connectivity index (χ3v) is 2.77. The minimum absolute atomic E-state index is 0.233. The first-order valence-electron chi connectivity index (χ1n) is 5.55. The molecule has 1 N–H and O–H groups in total. The van der Waals surface area contributed by atoms with Crippen LogP contribution in [0.15, 0.2) is 15.9 Å². The average Bonchev–Trinajstić information content (AvgIpc) is 2.65. The molecule has 7 heteroatoms. The molecule has 0 unspecified atom stereocenters. The molecule has 0 atom stereocenters. The van der Waals surface area contributed by atoms with Crippen LogP contribution in [0.5, 0.6) is 0 Å². The van der Waals surface area contributed by atoms with Crippen LogP contribution in [0.3, 0.4) is 0 Å². The van der Waals surface area contributed by atoms with E-state index in [1.807, 2.05) is 0 Å². The van der Waals surface area contributed by atoms with Gasteiger partial charge in [0, 0.05) is 14.1 Å². The molecule has 98 valence electrons. The van der Waals surface area contributed by atoms with E-state index < -0.39 is 16.9 Å². The van der Waals surface area contributed by atoms with Crippen molar-refractivity contribution in [2.24, 2.45) is 14.1 Å². The number of hydrogen-bond donors (Lipinski definition) is 1. The van der Waals surface area contributed by atoms with Gasteiger partial charge in [0.2, 0.25) is 0 Å². The molecule has 2 heterocycles. The second-order valence-corrected chi connectivity index (χ2v) is 5.06. The molecule has 7 nitrogen and oxygen atoms in total. The second-order valence-electron chi connectivity index (χ2n) is 5.06. The number of aryl methyl sites for hydroxylation is 1. The lowest BCUT2D eigenvalue weighted by atomic mass is 10.1. The maximum Gasteiger partial charge on any atom is 0.332 e. The third kappa shape index (κ3) is 1.86. The van der Waals surface area contributed by atoms with Gasteiger partial charge >= 0.3 is 5.69 Å². The maximum absolute atomic E-state index is 12.1. The zero-order chi connectivity index (χ0) is 13.7. The number of fused-ring (bicyclic) bond motifs is 1. The number of hydrogen-bond acceptors (Lipinski definition) is 4. The van der Waals surface area contributed by atoms with E-state index in [4.69, 9.17) is 0 Å². The minimum atomic E-state index is -0.965. The van der Waals surface area contributed by atoms with E-state index in [1.54, 1.807) is 25.5 Å². The molecule has 0 saturated heterocycles. The molecule has 0 saturated carbocycles. The highest BCUT2D eigenvalue weighted by Gasteiger charge is 2.19. The van der Waals surface area contributed by atoms with Crippen LogP contribution in [-0.4, -0.2) is 29.4 Å². The van der Waals surface area contributed by atoms with Crippen LogP contribution in [0.2, 0.25) is 0 Å². The topological polar surface area (TPSA) is 82.0 Å². The lowest BCUT2D eigenvalue weighted by molar-refractivity contribution is 0.0626. The largest absolute Gasteiger partial charge is 0.389 e. The van der Waals surface area contributed by atoms with Gasteiger partial charge in [0.15, 0.2) is 11.2 Å². The second kappa shape index (κ2) is 3.81. The normalized spacial score (nSPS) is 12.3. The highest BCUT2D eigenvalue weighted by molar-refractivity contribution is 5.69. The summed E-state index contributed by atoms with van der Waals surface area (Å²) in [7, 11) is 2.98. The Morgan fingerprint density at radius 1 is 1.28 bits per heavy atom. The van der Waals surface area contributed by atoms with Gasteiger partial charge in [-0.2, -0.15) is 0 Å². The fourth-order valence-corrected chi connectivity index (χ4v) is 1.93. The summed E-state index contributed by atoms with van der Waals surface area (Å²) in [6.45, 7) is 3.52. The summed E-state index contributed by atoms with van der Waals surface area (Å²) in [5, 5.41) is 9.81. The van der Waals surface area contributed by atoms with Crippen LogP contribution in [0, 0.1) is 0 Å². The van der Waals surface area contributed by atoms with E-state index in [9.17, 15) is 14.7 Å². The Hall–Kier alpha value is -1.89. The Morgan fingerprint density at radius 3 is 2.44 bits per heavy atom. The lowest BCUT2D eigenvalue weighted by Crippen LogP contribution is -2.38. The minimum Gasteiger partial charge on any atom is -0.389 e. The number of aromatic nitrogens is 4. The van der Waals surface area contributed by atoms with Crippen molar-refractivity contribution in [3.8, 4) is 0 Å². The summed E-state index contributed by atoms with van der Waals surface area (Å²) in [6.07, 6.45) is 1.46. The predicted molar refractivity (Wildman–Crippen MR) is 66.5 cm³/mol. The van der Waals surface area contributed by atoms with Gasteiger partial charge in [0.05, 0.1) is 18.5 Å². The monoisotopic (exact) mass is 252 g/mol. The van der Waals surface area contributed by atoms with E-state index in [1.165, 1.54) is 17.9 Å². The summed E-state index contributed by atoms with van der Waals surface area (Å²) in [5.41, 5.74) is -1.14. The molecule has 0 aromatic carbocycles. The van der Waals surface area contributed by atoms with E-state index in [0.29, 0.717) is 11.2 Å². The van der Waals surface area contributed by atoms with Gasteiger partial charge in [-0.25, -0.2) is 9.78 Å². The van der Waals surface area contributed by atoms with Gasteiger partial charge < -0.3 is 9.67 Å². The van der Waals surface area contributed by atoms with E-state index >= 15 is 0 Å². The quantitative estimate of drug-likeness (QED) is 0.759. The van der Waals surface area contributed by atoms with Gasteiger partial charge in [-0.15, -0.1) is 0 Å². The zero-order valence-electron chi connectivity index (χ0n) is 10.8. The van der Waals surface area contributed by atoms with Crippen molar-refractivity contribution in [3.05, 3.63) is 27.2 Å². The average molecular weight is 252 g/mol. The van der Waals surface area contributed by atoms with Crippen molar-refractivity contribution < 1.29 is 5.11 Å². The Balaban J connectivity index is 2.82. The number of nitrogens with zero attached hydrogens (tertiary/aromatic N) is 4. The smallest absolute Gasteiger partial charge is 0.332 e. The van der Waals surface area contributed by atoms with Gasteiger partial charge in [-0.1, -0.05) is 0 Å². The van der Waals surface area contributed by atoms with Crippen molar-refractivity contribution in [3.63, 3.8) is 0 Å². The zero-order valence-corrected chi connectivity index (χ0v) is 10.8. The molecule has 18 heavy (non-hydrogen) atoms. The fraction of sp³-hybridized carbons (Fsp3) is 0.545. The van der Waals surface area contributed by atoms with E-state index in [-0.39, 0.29) is 6.54 Å². The number of rotatable bonds is 2. The van der Waals surface area contributed by atoms with Crippen LogP contribution in [-0.2, 0) is 20.6 Å². The van der Waals surface area contributed by atoms with Crippen molar-refractivity contribution in [2.75, 3.05) is 0 Å². The van der Waals surface area contributed by atoms with Gasteiger partial charge in [0.1, 0.15) is 0 Å². The molecule has 0 aliphatic heterocycles. The number of aliphatic hydroxyl groups is 1. The first-order chi connectivity index (χ1) is 8.22. The molecule has 0 aliphatic rings. The Morgan fingerprint density at radius 2 is 1.89 bits per heavy atom. The number of imidazole rings is 1. The molecular weight excluding hydrogens is 236 g/mol. The molecule has 0 aliphatic carbocycles. The molecule has 2 rings (SSSR count). The maximum atomic E-state index is 12.1. The van der Waals surface area contributed by atoms with Gasteiger partial charge in [-0.3, -0.25) is 13.9 Å². The SMILES string of the molecule is Cn1c(=O)c2c(ncn2CC(C)(C)O)n(C)c1=O. The summed E-state index contributed by atoms with van der Waals surface area (Å²) < 4.78 is 3.92. The van der Waals surface area contributed by atoms with Crippen molar-refractivity contribution in [1.82, 2.24) is 18.7 Å². The molecule has 2 aromatic rings. The summed E-state index contributed by atoms with van der Waals surface area (Å²) >= 11 is 0. The molecule has 0 fully saturated rings.